The molecule has 3 rings (SSSR count). The average molecular weight is 444 g/mol. The van der Waals surface area contributed by atoms with Gasteiger partial charge in [-0.25, -0.2) is 4.39 Å². The van der Waals surface area contributed by atoms with Gasteiger partial charge in [0.25, 0.3) is 12.4 Å². The van der Waals surface area contributed by atoms with Crippen molar-refractivity contribution in [3.8, 4) is 16.9 Å². The molecule has 0 atom stereocenters. The summed E-state index contributed by atoms with van der Waals surface area (Å²) in [6.07, 6.45) is 2.55. The monoisotopic (exact) mass is 444 g/mol. The number of benzene rings is 1. The zero-order valence-corrected chi connectivity index (χ0v) is 16.9. The van der Waals surface area contributed by atoms with Crippen LogP contribution in [0.4, 0.5) is 22.0 Å². The molecule has 168 valence electrons. The molecule has 0 N–H and O–H groups in total. The first-order chi connectivity index (χ1) is 14.5. The van der Waals surface area contributed by atoms with Crippen molar-refractivity contribution in [1.29, 1.82) is 0 Å². The minimum Gasteiger partial charge on any atom is -0.460 e. The van der Waals surface area contributed by atoms with Crippen LogP contribution in [0.2, 0.25) is 0 Å². The average Bonchev–Trinajstić information content (AvgIpc) is 3.41. The predicted octanol–water partition coefficient (Wildman–Crippen LogP) is 4.74. The van der Waals surface area contributed by atoms with E-state index in [1.807, 2.05) is 0 Å². The van der Waals surface area contributed by atoms with Gasteiger partial charge in [-0.3, -0.25) is 14.7 Å². The zero-order valence-electron chi connectivity index (χ0n) is 16.9. The van der Waals surface area contributed by atoms with E-state index < -0.39 is 35.4 Å². The SMILES string of the molecule is CN(Cc1cc(-c2ccc(F)c(OC(F)F)c2)cnc1C(C)(F)F)CC1(OC=O)CC1. The van der Waals surface area contributed by atoms with E-state index in [4.69, 9.17) is 4.74 Å². The van der Waals surface area contributed by atoms with Crippen LogP contribution < -0.4 is 4.74 Å². The molecule has 0 spiro atoms. The summed E-state index contributed by atoms with van der Waals surface area (Å²) in [5, 5.41) is 0. The van der Waals surface area contributed by atoms with Gasteiger partial charge >= 0.3 is 6.61 Å². The van der Waals surface area contributed by atoms with E-state index >= 15 is 0 Å². The van der Waals surface area contributed by atoms with Gasteiger partial charge in [0.2, 0.25) is 0 Å². The number of aromatic nitrogens is 1. The summed E-state index contributed by atoms with van der Waals surface area (Å²) in [6, 6.07) is 4.79. The maximum atomic E-state index is 14.1. The summed E-state index contributed by atoms with van der Waals surface area (Å²) >= 11 is 0. The molecule has 2 aromatic rings. The molecule has 1 aromatic heterocycles. The van der Waals surface area contributed by atoms with Crippen LogP contribution in [0.3, 0.4) is 0 Å². The van der Waals surface area contributed by atoms with Crippen LogP contribution in [0, 0.1) is 5.82 Å². The van der Waals surface area contributed by atoms with Crippen LogP contribution in [0.5, 0.6) is 5.75 Å². The smallest absolute Gasteiger partial charge is 0.387 e. The molecule has 1 heterocycles. The minimum atomic E-state index is -3.22. The van der Waals surface area contributed by atoms with E-state index in [-0.39, 0.29) is 17.7 Å². The van der Waals surface area contributed by atoms with E-state index in [0.717, 1.165) is 19.1 Å². The van der Waals surface area contributed by atoms with Crippen molar-refractivity contribution in [2.24, 2.45) is 0 Å². The van der Waals surface area contributed by atoms with Crippen LogP contribution in [-0.4, -0.2) is 42.2 Å². The molecule has 0 bridgehead atoms. The summed E-state index contributed by atoms with van der Waals surface area (Å²) < 4.78 is 76.2. The van der Waals surface area contributed by atoms with Gasteiger partial charge in [0, 0.05) is 31.8 Å². The molecular formula is C21H21F5N2O3. The third-order valence-corrected chi connectivity index (χ3v) is 4.97. The highest BCUT2D eigenvalue weighted by molar-refractivity contribution is 5.65. The van der Waals surface area contributed by atoms with Gasteiger partial charge in [-0.2, -0.15) is 17.6 Å². The lowest BCUT2D eigenvalue weighted by Crippen LogP contribution is -2.33. The Labute approximate surface area is 175 Å². The fourth-order valence-electron chi connectivity index (χ4n) is 3.45. The summed E-state index contributed by atoms with van der Waals surface area (Å²) in [7, 11) is 1.70. The van der Waals surface area contributed by atoms with E-state index in [9.17, 15) is 26.7 Å². The van der Waals surface area contributed by atoms with Crippen molar-refractivity contribution in [3.63, 3.8) is 0 Å². The van der Waals surface area contributed by atoms with Crippen LogP contribution in [0.25, 0.3) is 11.1 Å². The number of ether oxygens (including phenoxy) is 2. The molecule has 0 aliphatic heterocycles. The van der Waals surface area contributed by atoms with Crippen molar-refractivity contribution in [1.82, 2.24) is 9.88 Å². The van der Waals surface area contributed by atoms with Crippen LogP contribution in [-0.2, 0) is 22.0 Å². The molecule has 0 radical (unpaired) electrons. The number of hydrogen-bond donors (Lipinski definition) is 0. The molecule has 1 aliphatic rings. The van der Waals surface area contributed by atoms with Gasteiger partial charge in [0.05, 0.1) is 0 Å². The standard InChI is InChI=1S/C21H21F5N2O3/c1-20(25,26)18-15(10-28(2)11-21(5-6-21)30-12-29)7-14(9-27-18)13-3-4-16(22)17(8-13)31-19(23)24/h3-4,7-9,12,19H,5-6,10-11H2,1-2H3. The number of rotatable bonds is 10. The Kier molecular flexibility index (Phi) is 6.49. The summed E-state index contributed by atoms with van der Waals surface area (Å²) in [6.45, 7) is -1.68. The first-order valence-electron chi connectivity index (χ1n) is 9.45. The van der Waals surface area contributed by atoms with Crippen LogP contribution in [0.1, 0.15) is 31.0 Å². The number of carbonyl (C=O) groups excluding carboxylic acids is 1. The Morgan fingerprint density at radius 1 is 1.26 bits per heavy atom. The molecule has 0 unspecified atom stereocenters. The molecule has 1 aromatic carbocycles. The highest BCUT2D eigenvalue weighted by Crippen LogP contribution is 2.40. The highest BCUT2D eigenvalue weighted by atomic mass is 19.3. The number of likely N-dealkylation sites (N-methyl/N-ethyl adjacent to an activating group) is 1. The van der Waals surface area contributed by atoms with Crippen LogP contribution >= 0.6 is 0 Å². The van der Waals surface area contributed by atoms with Gasteiger partial charge < -0.3 is 9.47 Å². The molecule has 0 amide bonds. The number of carbonyl (C=O) groups is 1. The molecule has 1 fully saturated rings. The second-order valence-electron chi connectivity index (χ2n) is 7.71. The fraction of sp³-hybridized carbons (Fsp3) is 0.429. The lowest BCUT2D eigenvalue weighted by atomic mass is 10.0. The summed E-state index contributed by atoms with van der Waals surface area (Å²) in [4.78, 5) is 16.3. The molecular weight excluding hydrogens is 423 g/mol. The number of pyridine rings is 1. The second kappa shape index (κ2) is 8.78. The van der Waals surface area contributed by atoms with Gasteiger partial charge in [-0.05, 0) is 49.2 Å². The topological polar surface area (TPSA) is 51.7 Å². The largest absolute Gasteiger partial charge is 0.460 e. The number of nitrogens with zero attached hydrogens (tertiary/aromatic N) is 2. The van der Waals surface area contributed by atoms with E-state index in [1.54, 1.807) is 11.9 Å². The van der Waals surface area contributed by atoms with Crippen molar-refractivity contribution in [2.75, 3.05) is 13.6 Å². The maximum absolute atomic E-state index is 14.1. The molecule has 1 aliphatic carbocycles. The summed E-state index contributed by atoms with van der Waals surface area (Å²) in [5.41, 5.74) is -0.219. The normalized spacial score (nSPS) is 15.3. The Morgan fingerprint density at radius 2 is 1.97 bits per heavy atom. The van der Waals surface area contributed by atoms with Gasteiger partial charge in [0.1, 0.15) is 11.3 Å². The van der Waals surface area contributed by atoms with Crippen molar-refractivity contribution in [2.45, 2.75) is 44.4 Å². The van der Waals surface area contributed by atoms with Gasteiger partial charge in [-0.1, -0.05) is 6.07 Å². The van der Waals surface area contributed by atoms with Gasteiger partial charge in [-0.15, -0.1) is 0 Å². The molecule has 5 nitrogen and oxygen atoms in total. The number of alkyl halides is 4. The number of halogens is 5. The Morgan fingerprint density at radius 3 is 2.55 bits per heavy atom. The quantitative estimate of drug-likeness (QED) is 0.392. The third kappa shape index (κ3) is 5.69. The lowest BCUT2D eigenvalue weighted by Gasteiger charge is -2.24. The van der Waals surface area contributed by atoms with E-state index in [1.165, 1.54) is 18.3 Å². The van der Waals surface area contributed by atoms with Crippen molar-refractivity contribution < 1.29 is 36.2 Å². The summed E-state index contributed by atoms with van der Waals surface area (Å²) in [5.74, 6) is -4.85. The molecule has 1 saturated carbocycles. The fourth-order valence-corrected chi connectivity index (χ4v) is 3.45. The Bertz CT molecular complexity index is 945. The van der Waals surface area contributed by atoms with Crippen molar-refractivity contribution >= 4 is 6.47 Å². The minimum absolute atomic E-state index is 0.0746. The zero-order chi connectivity index (χ0) is 22.8. The molecule has 0 saturated heterocycles. The maximum Gasteiger partial charge on any atom is 0.387 e. The predicted molar refractivity (Wildman–Crippen MR) is 101 cm³/mol. The Balaban J connectivity index is 1.91. The highest BCUT2D eigenvalue weighted by Gasteiger charge is 2.46. The third-order valence-electron chi connectivity index (χ3n) is 4.97. The van der Waals surface area contributed by atoms with E-state index in [0.29, 0.717) is 31.4 Å². The first-order valence-corrected chi connectivity index (χ1v) is 9.45. The lowest BCUT2D eigenvalue weighted by molar-refractivity contribution is -0.136. The second-order valence-corrected chi connectivity index (χ2v) is 7.71. The first kappa shape index (κ1) is 22.9. The van der Waals surface area contributed by atoms with E-state index in [2.05, 4.69) is 9.72 Å². The van der Waals surface area contributed by atoms with Crippen LogP contribution in [0.15, 0.2) is 30.5 Å². The van der Waals surface area contributed by atoms with Crippen molar-refractivity contribution in [3.05, 3.63) is 47.5 Å². The molecule has 31 heavy (non-hydrogen) atoms. The molecule has 10 heteroatoms. The van der Waals surface area contributed by atoms with Gasteiger partial charge in [0.15, 0.2) is 11.6 Å². The Hall–Kier alpha value is -2.75. The number of hydrogen-bond acceptors (Lipinski definition) is 5.